The van der Waals surface area contributed by atoms with Crippen molar-refractivity contribution in [2.24, 2.45) is 0 Å². The van der Waals surface area contributed by atoms with Crippen LogP contribution in [-0.2, 0) is 11.2 Å². The number of hydrogen-bond donors (Lipinski definition) is 1. The van der Waals surface area contributed by atoms with Gasteiger partial charge in [0.1, 0.15) is 17.4 Å². The van der Waals surface area contributed by atoms with Crippen molar-refractivity contribution in [2.45, 2.75) is 13.3 Å². The lowest BCUT2D eigenvalue weighted by Crippen LogP contribution is -2.29. The molecule has 0 unspecified atom stereocenters. The molecule has 6 heteroatoms. The Bertz CT molecular complexity index is 797. The van der Waals surface area contributed by atoms with E-state index in [2.05, 4.69) is 15.7 Å². The highest BCUT2D eigenvalue weighted by molar-refractivity contribution is 7.14. The van der Waals surface area contributed by atoms with Gasteiger partial charge in [-0.3, -0.25) is 4.79 Å². The van der Waals surface area contributed by atoms with Gasteiger partial charge >= 0.3 is 0 Å². The van der Waals surface area contributed by atoms with Crippen LogP contribution in [0.25, 0.3) is 10.6 Å². The van der Waals surface area contributed by atoms with Crippen LogP contribution in [0, 0.1) is 6.92 Å². The molecular formula is C18H18N2O2S2. The van der Waals surface area contributed by atoms with Crippen molar-refractivity contribution in [3.8, 4) is 16.3 Å². The van der Waals surface area contributed by atoms with E-state index < -0.39 is 0 Å². The second-order valence-corrected chi connectivity index (χ2v) is 6.99. The van der Waals surface area contributed by atoms with Crippen LogP contribution < -0.4 is 10.1 Å². The molecule has 24 heavy (non-hydrogen) atoms. The number of hydrogen-bond acceptors (Lipinski definition) is 5. The van der Waals surface area contributed by atoms with E-state index in [9.17, 15) is 4.79 Å². The molecule has 3 rings (SSSR count). The Morgan fingerprint density at radius 3 is 3.00 bits per heavy atom. The summed E-state index contributed by atoms with van der Waals surface area (Å²) >= 11 is 3.21. The van der Waals surface area contributed by atoms with Gasteiger partial charge in [-0.05, 0) is 36.1 Å². The minimum Gasteiger partial charge on any atom is -0.492 e. The molecule has 0 aliphatic rings. The van der Waals surface area contributed by atoms with E-state index in [0.29, 0.717) is 19.6 Å². The fourth-order valence-corrected chi connectivity index (χ4v) is 3.73. The van der Waals surface area contributed by atoms with Gasteiger partial charge in [-0.1, -0.05) is 12.1 Å². The van der Waals surface area contributed by atoms with Crippen LogP contribution in [0.5, 0.6) is 5.75 Å². The van der Waals surface area contributed by atoms with E-state index in [1.807, 2.05) is 48.0 Å². The minimum atomic E-state index is -0.0370. The van der Waals surface area contributed by atoms with E-state index in [-0.39, 0.29) is 5.91 Å². The number of aryl methyl sites for hydroxylation is 1. The van der Waals surface area contributed by atoms with Crippen molar-refractivity contribution in [3.05, 3.63) is 57.7 Å². The summed E-state index contributed by atoms with van der Waals surface area (Å²) in [5.41, 5.74) is 3.07. The summed E-state index contributed by atoms with van der Waals surface area (Å²) in [4.78, 5) is 16.5. The Kier molecular flexibility index (Phi) is 5.61. The van der Waals surface area contributed by atoms with Crippen molar-refractivity contribution in [1.82, 2.24) is 10.3 Å². The molecule has 1 aromatic carbocycles. The molecule has 2 aromatic heterocycles. The van der Waals surface area contributed by atoms with Crippen LogP contribution in [0.15, 0.2) is 46.5 Å². The molecular weight excluding hydrogens is 340 g/mol. The number of ether oxygens (including phenoxy) is 1. The van der Waals surface area contributed by atoms with Gasteiger partial charge in [0.15, 0.2) is 0 Å². The van der Waals surface area contributed by atoms with Crippen LogP contribution >= 0.6 is 22.7 Å². The number of thiazole rings is 1. The Hall–Kier alpha value is -2.18. The normalized spacial score (nSPS) is 10.5. The zero-order valence-electron chi connectivity index (χ0n) is 13.3. The van der Waals surface area contributed by atoms with Gasteiger partial charge in [-0.25, -0.2) is 4.98 Å². The molecule has 3 aromatic rings. The average Bonchev–Trinajstić information content (AvgIpc) is 3.23. The van der Waals surface area contributed by atoms with Crippen molar-refractivity contribution in [1.29, 1.82) is 0 Å². The molecule has 0 aliphatic heterocycles. The zero-order valence-corrected chi connectivity index (χ0v) is 15.0. The van der Waals surface area contributed by atoms with Crippen molar-refractivity contribution in [3.63, 3.8) is 0 Å². The number of nitrogens with zero attached hydrogens (tertiary/aromatic N) is 1. The summed E-state index contributed by atoms with van der Waals surface area (Å²) in [6.07, 6.45) is 0.297. The fraction of sp³-hybridized carbons (Fsp3) is 0.222. The van der Waals surface area contributed by atoms with Crippen molar-refractivity contribution in [2.75, 3.05) is 13.2 Å². The summed E-state index contributed by atoms with van der Waals surface area (Å²) < 4.78 is 5.61. The number of benzene rings is 1. The smallest absolute Gasteiger partial charge is 0.226 e. The maximum atomic E-state index is 12.0. The van der Waals surface area contributed by atoms with Crippen molar-refractivity contribution < 1.29 is 9.53 Å². The maximum absolute atomic E-state index is 12.0. The molecule has 1 amide bonds. The summed E-state index contributed by atoms with van der Waals surface area (Å²) in [6, 6.07) is 9.90. The third-order valence-corrected chi connectivity index (χ3v) is 4.97. The van der Waals surface area contributed by atoms with Crippen LogP contribution in [-0.4, -0.2) is 24.0 Å². The molecule has 0 fully saturated rings. The first-order chi connectivity index (χ1) is 11.7. The number of rotatable bonds is 7. The summed E-state index contributed by atoms with van der Waals surface area (Å²) in [5, 5.41) is 9.85. The summed E-state index contributed by atoms with van der Waals surface area (Å²) in [6.45, 7) is 2.95. The number of thiophene rings is 1. The molecule has 0 saturated carbocycles. The summed E-state index contributed by atoms with van der Waals surface area (Å²) in [7, 11) is 0. The molecule has 0 saturated heterocycles. The fourth-order valence-electron chi connectivity index (χ4n) is 2.20. The first kappa shape index (κ1) is 16.7. The molecule has 0 spiro atoms. The lowest BCUT2D eigenvalue weighted by molar-refractivity contribution is -0.120. The average molecular weight is 358 g/mol. The van der Waals surface area contributed by atoms with Crippen LogP contribution in [0.2, 0.25) is 0 Å². The SMILES string of the molecule is Cc1cccc(OCCNC(=O)Cc2csc(-c3ccsc3)n2)c1. The highest BCUT2D eigenvalue weighted by Crippen LogP contribution is 2.25. The molecule has 1 N–H and O–H groups in total. The van der Waals surface area contributed by atoms with Gasteiger partial charge in [0.05, 0.1) is 18.7 Å². The summed E-state index contributed by atoms with van der Waals surface area (Å²) in [5.74, 6) is 0.786. The second kappa shape index (κ2) is 8.08. The van der Waals surface area contributed by atoms with Gasteiger partial charge in [0.25, 0.3) is 0 Å². The first-order valence-electron chi connectivity index (χ1n) is 7.64. The molecule has 0 atom stereocenters. The molecule has 124 valence electrons. The zero-order chi connectivity index (χ0) is 16.8. The van der Waals surface area contributed by atoms with Gasteiger partial charge in [0, 0.05) is 16.3 Å². The monoisotopic (exact) mass is 358 g/mol. The van der Waals surface area contributed by atoms with Gasteiger partial charge in [-0.2, -0.15) is 11.3 Å². The highest BCUT2D eigenvalue weighted by atomic mass is 32.1. The Morgan fingerprint density at radius 2 is 2.21 bits per heavy atom. The molecule has 0 bridgehead atoms. The maximum Gasteiger partial charge on any atom is 0.226 e. The van der Waals surface area contributed by atoms with Gasteiger partial charge in [0.2, 0.25) is 5.91 Å². The number of carbonyl (C=O) groups excluding carboxylic acids is 1. The molecule has 0 radical (unpaired) electrons. The molecule has 0 aliphatic carbocycles. The molecule has 4 nitrogen and oxygen atoms in total. The second-order valence-electron chi connectivity index (χ2n) is 5.35. The lowest BCUT2D eigenvalue weighted by atomic mass is 10.2. The third kappa shape index (κ3) is 4.66. The number of carbonyl (C=O) groups is 1. The van der Waals surface area contributed by atoms with Gasteiger partial charge in [-0.15, -0.1) is 11.3 Å². The number of aromatic nitrogens is 1. The Labute approximate surface area is 149 Å². The van der Waals surface area contributed by atoms with E-state index in [0.717, 1.165) is 27.6 Å². The number of nitrogens with one attached hydrogen (secondary N) is 1. The Balaban J connectivity index is 1.41. The quantitative estimate of drug-likeness (QED) is 0.651. The molecule has 2 heterocycles. The predicted molar refractivity (Wildman–Crippen MR) is 98.8 cm³/mol. The van der Waals surface area contributed by atoms with E-state index in [1.165, 1.54) is 0 Å². The van der Waals surface area contributed by atoms with Crippen LogP contribution in [0.1, 0.15) is 11.3 Å². The van der Waals surface area contributed by atoms with Gasteiger partial charge < -0.3 is 10.1 Å². The lowest BCUT2D eigenvalue weighted by Gasteiger charge is -2.07. The number of amides is 1. The van der Waals surface area contributed by atoms with E-state index in [1.54, 1.807) is 22.7 Å². The predicted octanol–water partition coefficient (Wildman–Crippen LogP) is 3.92. The standard InChI is InChI=1S/C18H18N2O2S2/c1-13-3-2-4-16(9-13)22-7-6-19-17(21)10-15-12-24-18(20-15)14-5-8-23-11-14/h2-5,8-9,11-12H,6-7,10H2,1H3,(H,19,21). The highest BCUT2D eigenvalue weighted by Gasteiger charge is 2.09. The largest absolute Gasteiger partial charge is 0.492 e. The van der Waals surface area contributed by atoms with E-state index in [4.69, 9.17) is 4.74 Å². The van der Waals surface area contributed by atoms with Crippen molar-refractivity contribution >= 4 is 28.6 Å². The van der Waals surface area contributed by atoms with E-state index >= 15 is 0 Å². The third-order valence-electron chi connectivity index (χ3n) is 3.34. The van der Waals surface area contributed by atoms with Crippen LogP contribution in [0.3, 0.4) is 0 Å². The van der Waals surface area contributed by atoms with Crippen LogP contribution in [0.4, 0.5) is 0 Å². The minimum absolute atomic E-state index is 0.0370. The first-order valence-corrected chi connectivity index (χ1v) is 9.46. The Morgan fingerprint density at radius 1 is 1.29 bits per heavy atom. The topological polar surface area (TPSA) is 51.2 Å².